The maximum atomic E-state index is 6.05. The van der Waals surface area contributed by atoms with Crippen molar-refractivity contribution in [1.82, 2.24) is 4.90 Å². The van der Waals surface area contributed by atoms with Crippen LogP contribution in [0.2, 0.25) is 19.6 Å². The van der Waals surface area contributed by atoms with E-state index >= 15 is 0 Å². The normalized spacial score (nSPS) is 19.1. The molecule has 2 atom stereocenters. The molecule has 0 bridgehead atoms. The zero-order valence-corrected chi connectivity index (χ0v) is 18.9. The van der Waals surface area contributed by atoms with Crippen LogP contribution in [0.5, 0.6) is 0 Å². The zero-order valence-electron chi connectivity index (χ0n) is 17.9. The molecule has 0 amide bonds. The van der Waals surface area contributed by atoms with Gasteiger partial charge < -0.3 is 14.4 Å². The minimum Gasteiger partial charge on any atom is -0.375 e. The lowest BCUT2D eigenvalue weighted by Crippen LogP contribution is -2.38. The number of hydrogen-bond acceptors (Lipinski definition) is 3. The first-order valence-electron chi connectivity index (χ1n) is 10.6. The Kier molecular flexibility index (Phi) is 7.94. The number of nitrogens with zero attached hydrogens (tertiary/aromatic N) is 1. The molecular weight excluding hydrogens is 374 g/mol. The Bertz CT molecular complexity index is 739. The van der Waals surface area contributed by atoms with Crippen molar-refractivity contribution >= 4 is 8.07 Å². The third kappa shape index (κ3) is 7.36. The molecule has 0 aromatic heterocycles. The van der Waals surface area contributed by atoms with E-state index < -0.39 is 8.07 Å². The van der Waals surface area contributed by atoms with Gasteiger partial charge in [-0.2, -0.15) is 0 Å². The lowest BCUT2D eigenvalue weighted by molar-refractivity contribution is 0.0494. The fourth-order valence-corrected chi connectivity index (χ4v) is 3.94. The van der Waals surface area contributed by atoms with Crippen LogP contribution >= 0.6 is 0 Å². The van der Waals surface area contributed by atoms with Crippen molar-refractivity contribution in [2.24, 2.45) is 0 Å². The lowest BCUT2D eigenvalue weighted by atomic mass is 10.2. The molecule has 0 saturated carbocycles. The van der Waals surface area contributed by atoms with Crippen LogP contribution in [-0.2, 0) is 22.7 Å². The van der Waals surface area contributed by atoms with Gasteiger partial charge in [0.25, 0.3) is 0 Å². The Morgan fingerprint density at radius 3 is 1.66 bits per heavy atom. The molecule has 0 aliphatic carbocycles. The fraction of sp³-hybridized carbons (Fsp3) is 0.440. The largest absolute Gasteiger partial charge is 0.375 e. The summed E-state index contributed by atoms with van der Waals surface area (Å²) in [4.78, 5) is 2.33. The predicted octanol–water partition coefficient (Wildman–Crippen LogP) is 5.09. The Labute approximate surface area is 177 Å². The van der Waals surface area contributed by atoms with Gasteiger partial charge in [-0.05, 0) is 24.0 Å². The van der Waals surface area contributed by atoms with Gasteiger partial charge in [0.05, 0.1) is 38.5 Å². The van der Waals surface area contributed by atoms with Crippen molar-refractivity contribution in [2.45, 2.75) is 57.8 Å². The first-order chi connectivity index (χ1) is 14.0. The molecule has 4 heteroatoms. The average Bonchev–Trinajstić information content (AvgIpc) is 3.09. The van der Waals surface area contributed by atoms with Crippen LogP contribution in [-0.4, -0.2) is 38.3 Å². The number of benzene rings is 2. The van der Waals surface area contributed by atoms with E-state index in [1.807, 2.05) is 12.1 Å². The summed E-state index contributed by atoms with van der Waals surface area (Å²) in [6, 6.07) is 24.9. The highest BCUT2D eigenvalue weighted by atomic mass is 28.3. The van der Waals surface area contributed by atoms with Crippen molar-refractivity contribution in [1.29, 1.82) is 0 Å². The van der Waals surface area contributed by atoms with Gasteiger partial charge in [0.1, 0.15) is 8.07 Å². The average molecular weight is 408 g/mol. The van der Waals surface area contributed by atoms with Gasteiger partial charge in [-0.15, -0.1) is 5.54 Å². The highest BCUT2D eigenvalue weighted by Crippen LogP contribution is 2.25. The van der Waals surface area contributed by atoms with E-state index in [9.17, 15) is 0 Å². The number of ether oxygens (including phenoxy) is 2. The van der Waals surface area contributed by atoms with E-state index in [1.54, 1.807) is 0 Å². The van der Waals surface area contributed by atoms with Crippen molar-refractivity contribution in [3.8, 4) is 11.6 Å². The molecule has 1 heterocycles. The summed E-state index contributed by atoms with van der Waals surface area (Å²) < 4.78 is 12.1. The maximum Gasteiger partial charge on any atom is 0.131 e. The third-order valence-electron chi connectivity index (χ3n) is 5.02. The second kappa shape index (κ2) is 10.6. The van der Waals surface area contributed by atoms with E-state index in [4.69, 9.17) is 9.47 Å². The monoisotopic (exact) mass is 407 g/mol. The van der Waals surface area contributed by atoms with Crippen LogP contribution in [0.15, 0.2) is 60.7 Å². The van der Waals surface area contributed by atoms with E-state index in [-0.39, 0.29) is 0 Å². The summed E-state index contributed by atoms with van der Waals surface area (Å²) in [5.74, 6) is 0. The SMILES string of the molecule is C[Si](C)(C)C#CN1[C@H](COCc2ccccc2)CC[C@H]1COCc1ccccc1. The molecule has 1 aliphatic heterocycles. The molecule has 0 spiro atoms. The molecule has 1 fully saturated rings. The summed E-state index contributed by atoms with van der Waals surface area (Å²) in [6.45, 7) is 9.60. The molecule has 0 N–H and O–H groups in total. The highest BCUT2D eigenvalue weighted by molar-refractivity contribution is 6.83. The summed E-state index contributed by atoms with van der Waals surface area (Å²) in [7, 11) is -1.44. The zero-order chi connectivity index (χ0) is 20.5. The minimum absolute atomic E-state index is 0.341. The molecule has 1 aliphatic rings. The van der Waals surface area contributed by atoms with Crippen LogP contribution < -0.4 is 0 Å². The van der Waals surface area contributed by atoms with E-state index in [1.165, 1.54) is 11.1 Å². The van der Waals surface area contributed by atoms with Gasteiger partial charge in [-0.3, -0.25) is 0 Å². The smallest absolute Gasteiger partial charge is 0.131 e. The maximum absolute atomic E-state index is 6.05. The molecule has 154 valence electrons. The van der Waals surface area contributed by atoms with E-state index in [0.29, 0.717) is 38.5 Å². The first kappa shape index (κ1) is 21.6. The van der Waals surface area contributed by atoms with Crippen LogP contribution in [0.1, 0.15) is 24.0 Å². The topological polar surface area (TPSA) is 21.7 Å². The summed E-state index contributed by atoms with van der Waals surface area (Å²) >= 11 is 0. The summed E-state index contributed by atoms with van der Waals surface area (Å²) in [5, 5.41) is 0. The van der Waals surface area contributed by atoms with Crippen molar-refractivity contribution < 1.29 is 9.47 Å². The van der Waals surface area contributed by atoms with Crippen LogP contribution in [0, 0.1) is 11.6 Å². The highest BCUT2D eigenvalue weighted by Gasteiger charge is 2.32. The second-order valence-corrected chi connectivity index (χ2v) is 13.5. The van der Waals surface area contributed by atoms with Gasteiger partial charge in [0.2, 0.25) is 0 Å². The quantitative estimate of drug-likeness (QED) is 0.449. The van der Waals surface area contributed by atoms with Gasteiger partial charge in [0.15, 0.2) is 0 Å². The van der Waals surface area contributed by atoms with Gasteiger partial charge >= 0.3 is 0 Å². The second-order valence-electron chi connectivity index (χ2n) is 8.78. The Morgan fingerprint density at radius 2 is 1.24 bits per heavy atom. The number of rotatable bonds is 8. The standard InChI is InChI=1S/C25H33NO2Si/c1-29(2,3)17-16-26-24(20-27-18-22-10-6-4-7-11-22)14-15-25(26)21-28-19-23-12-8-5-9-13-23/h4-13,24-25H,14-15,18-21H2,1-3H3/t24-,25-/m0/s1. The van der Waals surface area contributed by atoms with Crippen LogP contribution in [0.3, 0.4) is 0 Å². The van der Waals surface area contributed by atoms with E-state index in [0.717, 1.165) is 12.8 Å². The fourth-order valence-electron chi connectivity index (χ4n) is 3.48. The Hall–Kier alpha value is -2.06. The molecule has 29 heavy (non-hydrogen) atoms. The number of likely N-dealkylation sites (tertiary alicyclic amines) is 1. The van der Waals surface area contributed by atoms with Crippen molar-refractivity contribution in [2.75, 3.05) is 13.2 Å². The number of hydrogen-bond donors (Lipinski definition) is 0. The third-order valence-corrected chi connectivity index (χ3v) is 5.89. The Balaban J connectivity index is 1.56. The van der Waals surface area contributed by atoms with Crippen LogP contribution in [0.25, 0.3) is 0 Å². The molecule has 2 aromatic rings. The molecule has 2 aromatic carbocycles. The lowest BCUT2D eigenvalue weighted by Gasteiger charge is -2.27. The summed E-state index contributed by atoms with van der Waals surface area (Å²) in [6.07, 6.45) is 2.21. The molecule has 0 unspecified atom stereocenters. The molecular formula is C25H33NO2Si. The van der Waals surface area contributed by atoms with Gasteiger partial charge in [0, 0.05) is 6.04 Å². The van der Waals surface area contributed by atoms with Gasteiger partial charge in [-0.1, -0.05) is 80.3 Å². The van der Waals surface area contributed by atoms with Crippen molar-refractivity contribution in [3.63, 3.8) is 0 Å². The molecule has 1 saturated heterocycles. The molecule has 3 rings (SSSR count). The predicted molar refractivity (Wildman–Crippen MR) is 122 cm³/mol. The molecule has 3 nitrogen and oxygen atoms in total. The van der Waals surface area contributed by atoms with Gasteiger partial charge in [-0.25, -0.2) is 0 Å². The minimum atomic E-state index is -1.44. The molecule has 0 radical (unpaired) electrons. The summed E-state index contributed by atoms with van der Waals surface area (Å²) in [5.41, 5.74) is 5.98. The Morgan fingerprint density at radius 1 is 0.793 bits per heavy atom. The van der Waals surface area contributed by atoms with Crippen LogP contribution in [0.4, 0.5) is 0 Å². The first-order valence-corrected chi connectivity index (χ1v) is 14.1. The van der Waals surface area contributed by atoms with Crippen molar-refractivity contribution in [3.05, 3.63) is 71.8 Å². The van der Waals surface area contributed by atoms with E-state index in [2.05, 4.69) is 84.7 Å².